The Morgan fingerprint density at radius 3 is 2.37 bits per heavy atom. The molecule has 27 heavy (non-hydrogen) atoms. The molecule has 1 aromatic rings. The van der Waals surface area contributed by atoms with E-state index in [2.05, 4.69) is 16.0 Å². The highest BCUT2D eigenvalue weighted by molar-refractivity contribution is 7.90. The van der Waals surface area contributed by atoms with Gasteiger partial charge in [-0.25, -0.2) is 13.2 Å². The molecule has 1 saturated carbocycles. The molecule has 9 heteroatoms. The van der Waals surface area contributed by atoms with E-state index in [1.165, 1.54) is 13.0 Å². The molecule has 2 amide bonds. The second-order valence-electron chi connectivity index (χ2n) is 7.73. The number of hydrogen-bond acceptors (Lipinski definition) is 6. The maximum Gasteiger partial charge on any atom is 0.408 e. The van der Waals surface area contributed by atoms with Crippen LogP contribution in [0.5, 0.6) is 0 Å². The highest BCUT2D eigenvalue weighted by Crippen LogP contribution is 2.34. The summed E-state index contributed by atoms with van der Waals surface area (Å²) in [4.78, 5) is 24.4. The standard InChI is InChI=1S/C18H27N3O5S/c1-11(19-17(23)26-18(2,3)4)16(22)21-13-7-6-8-14(27(5,24)25)15(13)20-12-9-10-12/h6-8,11-12,20H,9-10H2,1-5H3,(H,19,23)(H,21,22). The number of amides is 2. The topological polar surface area (TPSA) is 114 Å². The van der Waals surface area contributed by atoms with Gasteiger partial charge >= 0.3 is 6.09 Å². The van der Waals surface area contributed by atoms with Gasteiger partial charge in [0.05, 0.1) is 16.3 Å². The van der Waals surface area contributed by atoms with Crippen molar-refractivity contribution in [2.45, 2.75) is 63.1 Å². The molecule has 1 fully saturated rings. The van der Waals surface area contributed by atoms with E-state index in [1.807, 2.05) is 0 Å². The van der Waals surface area contributed by atoms with Crippen LogP contribution in [0.1, 0.15) is 40.5 Å². The molecular formula is C18H27N3O5S. The monoisotopic (exact) mass is 397 g/mol. The predicted molar refractivity (Wildman–Crippen MR) is 104 cm³/mol. The van der Waals surface area contributed by atoms with Crippen molar-refractivity contribution in [1.82, 2.24) is 5.32 Å². The lowest BCUT2D eigenvalue weighted by molar-refractivity contribution is -0.117. The molecule has 1 aliphatic rings. The summed E-state index contributed by atoms with van der Waals surface area (Å²) in [5, 5.41) is 8.32. The molecule has 150 valence electrons. The van der Waals surface area contributed by atoms with E-state index in [0.717, 1.165) is 19.1 Å². The third-order valence-corrected chi connectivity index (χ3v) is 4.88. The molecule has 0 saturated heterocycles. The molecule has 8 nitrogen and oxygen atoms in total. The number of nitrogens with one attached hydrogen (secondary N) is 3. The molecule has 2 rings (SSSR count). The molecule has 3 N–H and O–H groups in total. The van der Waals surface area contributed by atoms with Crippen molar-refractivity contribution >= 4 is 33.2 Å². The van der Waals surface area contributed by atoms with Crippen molar-refractivity contribution in [1.29, 1.82) is 0 Å². The summed E-state index contributed by atoms with van der Waals surface area (Å²) in [6, 6.07) is 4.02. The second-order valence-corrected chi connectivity index (χ2v) is 9.71. The fourth-order valence-corrected chi connectivity index (χ4v) is 3.18. The summed E-state index contributed by atoms with van der Waals surface area (Å²) in [5.41, 5.74) is 0.0545. The first-order valence-corrected chi connectivity index (χ1v) is 10.7. The summed E-state index contributed by atoms with van der Waals surface area (Å²) < 4.78 is 29.3. The van der Waals surface area contributed by atoms with Crippen molar-refractivity contribution in [3.05, 3.63) is 18.2 Å². The zero-order chi connectivity index (χ0) is 20.4. The Kier molecular flexibility index (Phi) is 6.04. The van der Waals surface area contributed by atoms with Crippen LogP contribution in [0.3, 0.4) is 0 Å². The van der Waals surface area contributed by atoms with Crippen LogP contribution in [-0.2, 0) is 19.4 Å². The average molecular weight is 397 g/mol. The Morgan fingerprint density at radius 1 is 1.22 bits per heavy atom. The Bertz CT molecular complexity index is 826. The lowest BCUT2D eigenvalue weighted by Crippen LogP contribution is -2.44. The molecule has 1 atom stereocenters. The maximum absolute atomic E-state index is 12.5. The number of para-hydroxylation sites is 1. The van der Waals surface area contributed by atoms with E-state index in [1.54, 1.807) is 32.9 Å². The smallest absolute Gasteiger partial charge is 0.408 e. The lowest BCUT2D eigenvalue weighted by Gasteiger charge is -2.22. The molecule has 0 aliphatic heterocycles. The summed E-state index contributed by atoms with van der Waals surface area (Å²) >= 11 is 0. The molecule has 1 aromatic carbocycles. The highest BCUT2D eigenvalue weighted by atomic mass is 32.2. The van der Waals surface area contributed by atoms with Gasteiger partial charge in [-0.15, -0.1) is 0 Å². The number of carbonyl (C=O) groups is 2. The van der Waals surface area contributed by atoms with Crippen LogP contribution in [0.4, 0.5) is 16.2 Å². The molecule has 1 unspecified atom stereocenters. The van der Waals surface area contributed by atoms with Crippen molar-refractivity contribution in [3.8, 4) is 0 Å². The van der Waals surface area contributed by atoms with Crippen LogP contribution >= 0.6 is 0 Å². The number of carbonyl (C=O) groups excluding carboxylic acids is 2. The van der Waals surface area contributed by atoms with Crippen LogP contribution in [-0.4, -0.2) is 44.4 Å². The van der Waals surface area contributed by atoms with Gasteiger partial charge in [-0.1, -0.05) is 6.07 Å². The molecule has 0 spiro atoms. The molecule has 0 heterocycles. The lowest BCUT2D eigenvalue weighted by atomic mass is 10.2. The average Bonchev–Trinajstić information content (AvgIpc) is 3.29. The van der Waals surface area contributed by atoms with Gasteiger partial charge in [-0.3, -0.25) is 4.79 Å². The summed E-state index contributed by atoms with van der Waals surface area (Å²) in [6.45, 7) is 6.70. The number of anilines is 2. The van der Waals surface area contributed by atoms with E-state index < -0.39 is 33.5 Å². The van der Waals surface area contributed by atoms with Gasteiger partial charge < -0.3 is 20.7 Å². The number of benzene rings is 1. The van der Waals surface area contributed by atoms with Gasteiger partial charge in [0.1, 0.15) is 11.6 Å². The Labute approximate surface area is 160 Å². The zero-order valence-corrected chi connectivity index (χ0v) is 17.1. The summed E-state index contributed by atoms with van der Waals surface area (Å²) in [7, 11) is -3.47. The zero-order valence-electron chi connectivity index (χ0n) is 16.3. The minimum absolute atomic E-state index is 0.125. The van der Waals surface area contributed by atoms with Crippen LogP contribution in [0.2, 0.25) is 0 Å². The number of sulfone groups is 1. The number of alkyl carbamates (subject to hydrolysis) is 1. The van der Waals surface area contributed by atoms with Crippen molar-refractivity contribution in [3.63, 3.8) is 0 Å². The van der Waals surface area contributed by atoms with Crippen LogP contribution in [0.25, 0.3) is 0 Å². The van der Waals surface area contributed by atoms with E-state index in [4.69, 9.17) is 4.74 Å². The molecule has 0 bridgehead atoms. The highest BCUT2D eigenvalue weighted by Gasteiger charge is 2.27. The van der Waals surface area contributed by atoms with Crippen molar-refractivity contribution < 1.29 is 22.7 Å². The maximum atomic E-state index is 12.5. The van der Waals surface area contributed by atoms with E-state index in [-0.39, 0.29) is 10.9 Å². The van der Waals surface area contributed by atoms with Gasteiger partial charge in [0.15, 0.2) is 9.84 Å². The summed E-state index contributed by atoms with van der Waals surface area (Å²) in [5.74, 6) is -0.481. The second kappa shape index (κ2) is 7.75. The van der Waals surface area contributed by atoms with Crippen molar-refractivity contribution in [2.75, 3.05) is 16.9 Å². The Balaban J connectivity index is 2.15. The Hall–Kier alpha value is -2.29. The summed E-state index contributed by atoms with van der Waals surface area (Å²) in [6.07, 6.45) is 2.31. The first-order chi connectivity index (χ1) is 12.4. The number of hydrogen-bond donors (Lipinski definition) is 3. The van der Waals surface area contributed by atoms with E-state index in [0.29, 0.717) is 11.4 Å². The SMILES string of the molecule is CC(NC(=O)OC(C)(C)C)C(=O)Nc1cccc(S(C)(=O)=O)c1NC1CC1. The number of ether oxygens (including phenoxy) is 1. The quantitative estimate of drug-likeness (QED) is 0.680. The van der Waals surface area contributed by atoms with Gasteiger partial charge in [0, 0.05) is 12.3 Å². The fraction of sp³-hybridized carbons (Fsp3) is 0.556. The van der Waals surface area contributed by atoms with Gasteiger partial charge in [-0.05, 0) is 52.7 Å². The third-order valence-electron chi connectivity index (χ3n) is 3.74. The largest absolute Gasteiger partial charge is 0.444 e. The van der Waals surface area contributed by atoms with Crippen LogP contribution in [0.15, 0.2) is 23.1 Å². The van der Waals surface area contributed by atoms with E-state index in [9.17, 15) is 18.0 Å². The predicted octanol–water partition coefficient (Wildman–Crippen LogP) is 2.52. The van der Waals surface area contributed by atoms with Crippen LogP contribution < -0.4 is 16.0 Å². The van der Waals surface area contributed by atoms with Crippen molar-refractivity contribution in [2.24, 2.45) is 0 Å². The minimum Gasteiger partial charge on any atom is -0.444 e. The third kappa shape index (κ3) is 6.42. The van der Waals surface area contributed by atoms with Gasteiger partial charge in [0.25, 0.3) is 0 Å². The molecule has 1 aliphatic carbocycles. The van der Waals surface area contributed by atoms with E-state index >= 15 is 0 Å². The first-order valence-electron chi connectivity index (χ1n) is 8.77. The normalized spacial score (nSPS) is 15.6. The Morgan fingerprint density at radius 2 is 1.85 bits per heavy atom. The fourth-order valence-electron chi connectivity index (χ4n) is 2.32. The first kappa shape index (κ1) is 21.0. The van der Waals surface area contributed by atoms with Crippen LogP contribution in [0, 0.1) is 0 Å². The molecule has 0 aromatic heterocycles. The number of rotatable bonds is 6. The minimum atomic E-state index is -3.47. The molecular weight excluding hydrogens is 370 g/mol. The molecule has 0 radical (unpaired) electrons. The van der Waals surface area contributed by atoms with Gasteiger partial charge in [0.2, 0.25) is 5.91 Å². The van der Waals surface area contributed by atoms with Gasteiger partial charge in [-0.2, -0.15) is 0 Å².